The summed E-state index contributed by atoms with van der Waals surface area (Å²) in [5.74, 6) is 0.975. The van der Waals surface area contributed by atoms with Crippen LogP contribution >= 0.6 is 0 Å². The predicted octanol–water partition coefficient (Wildman–Crippen LogP) is 2.57. The van der Waals surface area contributed by atoms with Gasteiger partial charge in [-0.25, -0.2) is 0 Å². The Balaban J connectivity index is 2.23. The summed E-state index contributed by atoms with van der Waals surface area (Å²) in [5, 5.41) is 1.22. The zero-order chi connectivity index (χ0) is 12.9. The summed E-state index contributed by atoms with van der Waals surface area (Å²) in [4.78, 5) is 0. The average molecular weight is 244 g/mol. The summed E-state index contributed by atoms with van der Waals surface area (Å²) in [7, 11) is 3.81. The van der Waals surface area contributed by atoms with Crippen LogP contribution in [0.4, 0.5) is 0 Å². The van der Waals surface area contributed by atoms with Gasteiger partial charge in [0.2, 0.25) is 0 Å². The maximum atomic E-state index is 6.18. The van der Waals surface area contributed by atoms with E-state index >= 15 is 0 Å². The van der Waals surface area contributed by atoms with Crippen LogP contribution in [0.1, 0.15) is 25.3 Å². The van der Waals surface area contributed by atoms with E-state index < -0.39 is 0 Å². The first-order chi connectivity index (χ1) is 8.58. The fourth-order valence-corrected chi connectivity index (χ4v) is 2.96. The van der Waals surface area contributed by atoms with Gasteiger partial charge < -0.3 is 15.0 Å². The number of hydrogen-bond donors (Lipinski definition) is 1. The molecule has 1 saturated carbocycles. The van der Waals surface area contributed by atoms with Crippen LogP contribution in [-0.2, 0) is 12.5 Å². The third-order valence-corrected chi connectivity index (χ3v) is 4.40. The number of benzene rings is 1. The third-order valence-electron chi connectivity index (χ3n) is 4.40. The SMILES string of the molecule is COc1cc2ccn(C)c2cc1C1(C(C)N)CC1. The lowest BCUT2D eigenvalue weighted by Gasteiger charge is -2.23. The van der Waals surface area contributed by atoms with Gasteiger partial charge in [0, 0.05) is 41.2 Å². The molecule has 3 rings (SSSR count). The Hall–Kier alpha value is -1.48. The highest BCUT2D eigenvalue weighted by molar-refractivity contribution is 5.83. The van der Waals surface area contributed by atoms with Crippen molar-refractivity contribution in [2.75, 3.05) is 7.11 Å². The molecule has 0 aliphatic heterocycles. The predicted molar refractivity (Wildman–Crippen MR) is 74.0 cm³/mol. The number of hydrogen-bond acceptors (Lipinski definition) is 2. The second kappa shape index (κ2) is 3.75. The first kappa shape index (κ1) is 11.6. The Bertz CT molecular complexity index is 594. The molecule has 0 spiro atoms. The lowest BCUT2D eigenvalue weighted by Crippen LogP contribution is -2.31. The van der Waals surface area contributed by atoms with Crippen LogP contribution in [0.2, 0.25) is 0 Å². The van der Waals surface area contributed by atoms with E-state index in [9.17, 15) is 0 Å². The first-order valence-corrected chi connectivity index (χ1v) is 6.47. The van der Waals surface area contributed by atoms with Crippen molar-refractivity contribution in [2.24, 2.45) is 12.8 Å². The van der Waals surface area contributed by atoms with E-state index in [1.165, 1.54) is 16.5 Å². The molecule has 3 heteroatoms. The van der Waals surface area contributed by atoms with Crippen molar-refractivity contribution in [3.05, 3.63) is 30.0 Å². The number of ether oxygens (including phenoxy) is 1. The van der Waals surface area contributed by atoms with Gasteiger partial charge in [0.15, 0.2) is 0 Å². The molecule has 1 aliphatic rings. The van der Waals surface area contributed by atoms with Crippen LogP contribution in [0, 0.1) is 0 Å². The summed E-state index contributed by atoms with van der Waals surface area (Å²) in [5.41, 5.74) is 8.83. The highest BCUT2D eigenvalue weighted by atomic mass is 16.5. The quantitative estimate of drug-likeness (QED) is 0.901. The Morgan fingerprint density at radius 1 is 1.39 bits per heavy atom. The number of aromatic nitrogens is 1. The fraction of sp³-hybridized carbons (Fsp3) is 0.467. The number of nitrogens with zero attached hydrogens (tertiary/aromatic N) is 1. The van der Waals surface area contributed by atoms with Gasteiger partial charge in [0.05, 0.1) is 7.11 Å². The van der Waals surface area contributed by atoms with Gasteiger partial charge >= 0.3 is 0 Å². The molecule has 1 unspecified atom stereocenters. The van der Waals surface area contributed by atoms with E-state index in [1.54, 1.807) is 7.11 Å². The lowest BCUT2D eigenvalue weighted by molar-refractivity contribution is 0.399. The summed E-state index contributed by atoms with van der Waals surface area (Å²) in [6.45, 7) is 2.10. The van der Waals surface area contributed by atoms with E-state index in [2.05, 4.69) is 42.9 Å². The fourth-order valence-electron chi connectivity index (χ4n) is 2.96. The minimum atomic E-state index is 0.129. The molecule has 1 aromatic heterocycles. The van der Waals surface area contributed by atoms with Gasteiger partial charge in [0.1, 0.15) is 5.75 Å². The molecule has 3 nitrogen and oxygen atoms in total. The maximum Gasteiger partial charge on any atom is 0.123 e. The molecule has 1 aromatic carbocycles. The van der Waals surface area contributed by atoms with E-state index in [0.29, 0.717) is 0 Å². The molecule has 1 atom stereocenters. The van der Waals surface area contributed by atoms with Crippen LogP contribution < -0.4 is 10.5 Å². The molecule has 18 heavy (non-hydrogen) atoms. The van der Waals surface area contributed by atoms with Crippen molar-refractivity contribution in [2.45, 2.75) is 31.2 Å². The third kappa shape index (κ3) is 1.47. The van der Waals surface area contributed by atoms with Crippen LogP contribution in [0.3, 0.4) is 0 Å². The highest BCUT2D eigenvalue weighted by Crippen LogP contribution is 2.53. The Morgan fingerprint density at radius 2 is 2.11 bits per heavy atom. The highest BCUT2D eigenvalue weighted by Gasteiger charge is 2.49. The molecular weight excluding hydrogens is 224 g/mol. The number of methoxy groups -OCH3 is 1. The number of aryl methyl sites for hydroxylation is 1. The Labute approximate surface area is 108 Å². The van der Waals surface area contributed by atoms with Crippen molar-refractivity contribution in [3.63, 3.8) is 0 Å². The first-order valence-electron chi connectivity index (χ1n) is 6.47. The molecule has 2 N–H and O–H groups in total. The molecule has 1 aliphatic carbocycles. The number of nitrogens with two attached hydrogens (primary N) is 1. The maximum absolute atomic E-state index is 6.18. The Kier molecular flexibility index (Phi) is 2.42. The van der Waals surface area contributed by atoms with Crippen molar-refractivity contribution in [1.82, 2.24) is 4.57 Å². The zero-order valence-electron chi connectivity index (χ0n) is 11.2. The molecule has 0 bridgehead atoms. The second-order valence-corrected chi connectivity index (χ2v) is 5.48. The minimum absolute atomic E-state index is 0.129. The molecule has 2 aromatic rings. The van der Waals surface area contributed by atoms with E-state index in [4.69, 9.17) is 10.5 Å². The van der Waals surface area contributed by atoms with Gasteiger partial charge in [-0.2, -0.15) is 0 Å². The van der Waals surface area contributed by atoms with E-state index in [-0.39, 0.29) is 11.5 Å². The Morgan fingerprint density at radius 3 is 2.67 bits per heavy atom. The number of rotatable bonds is 3. The molecule has 1 heterocycles. The topological polar surface area (TPSA) is 40.2 Å². The average Bonchev–Trinajstić information content (AvgIpc) is 3.10. The molecule has 0 radical (unpaired) electrons. The van der Waals surface area contributed by atoms with Crippen LogP contribution in [-0.4, -0.2) is 17.7 Å². The number of fused-ring (bicyclic) bond motifs is 1. The summed E-state index contributed by atoms with van der Waals surface area (Å²) < 4.78 is 7.72. The standard InChI is InChI=1S/C15H20N2O/c1-10(16)15(5-6-15)12-9-13-11(4-7-17(13)2)8-14(12)18-3/h4,7-10H,5-6,16H2,1-3H3. The second-order valence-electron chi connectivity index (χ2n) is 5.48. The molecule has 0 amide bonds. The van der Waals surface area contributed by atoms with Crippen molar-refractivity contribution in [3.8, 4) is 5.75 Å². The van der Waals surface area contributed by atoms with Crippen molar-refractivity contribution >= 4 is 10.9 Å². The smallest absolute Gasteiger partial charge is 0.123 e. The lowest BCUT2D eigenvalue weighted by atomic mass is 9.88. The molecule has 0 saturated heterocycles. The van der Waals surface area contributed by atoms with Crippen LogP contribution in [0.25, 0.3) is 10.9 Å². The van der Waals surface area contributed by atoms with Gasteiger partial charge in [-0.15, -0.1) is 0 Å². The van der Waals surface area contributed by atoms with Crippen LogP contribution in [0.5, 0.6) is 5.75 Å². The summed E-state index contributed by atoms with van der Waals surface area (Å²) in [6.07, 6.45) is 4.41. The van der Waals surface area contributed by atoms with E-state index in [1.807, 2.05) is 0 Å². The zero-order valence-corrected chi connectivity index (χ0v) is 11.2. The van der Waals surface area contributed by atoms with Gasteiger partial charge in [-0.1, -0.05) is 0 Å². The van der Waals surface area contributed by atoms with Gasteiger partial charge in [-0.3, -0.25) is 0 Å². The van der Waals surface area contributed by atoms with Crippen molar-refractivity contribution < 1.29 is 4.74 Å². The normalized spacial score (nSPS) is 18.9. The molecule has 96 valence electrons. The van der Waals surface area contributed by atoms with Gasteiger partial charge in [0.25, 0.3) is 0 Å². The molecular formula is C15H20N2O. The summed E-state index contributed by atoms with van der Waals surface area (Å²) in [6, 6.07) is 6.68. The largest absolute Gasteiger partial charge is 0.496 e. The summed E-state index contributed by atoms with van der Waals surface area (Å²) >= 11 is 0. The van der Waals surface area contributed by atoms with Crippen molar-refractivity contribution in [1.29, 1.82) is 0 Å². The monoisotopic (exact) mass is 244 g/mol. The molecule has 1 fully saturated rings. The minimum Gasteiger partial charge on any atom is -0.496 e. The van der Waals surface area contributed by atoms with Gasteiger partial charge in [-0.05, 0) is 38.0 Å². The van der Waals surface area contributed by atoms with Crippen LogP contribution in [0.15, 0.2) is 24.4 Å². The van der Waals surface area contributed by atoms with E-state index in [0.717, 1.165) is 18.6 Å².